The van der Waals surface area contributed by atoms with Crippen molar-refractivity contribution in [2.45, 2.75) is 19.5 Å². The Bertz CT molecular complexity index is 349. The first-order valence-electron chi connectivity index (χ1n) is 6.77. The Morgan fingerprint density at radius 2 is 2.11 bits per heavy atom. The lowest BCUT2D eigenvalue weighted by atomic mass is 10.2. The summed E-state index contributed by atoms with van der Waals surface area (Å²) in [4.78, 5) is 9.46. The highest BCUT2D eigenvalue weighted by Crippen LogP contribution is 2.07. The fraction of sp³-hybridized carbons (Fsp3) is 0.643. The van der Waals surface area contributed by atoms with Crippen molar-refractivity contribution in [3.63, 3.8) is 0 Å². The molecule has 2 heterocycles. The zero-order chi connectivity index (χ0) is 12.8. The third kappa shape index (κ3) is 4.05. The Hall–Kier alpha value is -0.970. The van der Waals surface area contributed by atoms with Gasteiger partial charge in [-0.25, -0.2) is 0 Å². The molecule has 0 aromatic carbocycles. The number of nitrogens with zero attached hydrogens (tertiary/aromatic N) is 3. The van der Waals surface area contributed by atoms with Crippen molar-refractivity contribution in [3.05, 3.63) is 29.6 Å². The fourth-order valence-electron chi connectivity index (χ4n) is 2.34. The molecule has 1 N–H and O–H groups in total. The molecular weight excluding hydrogens is 224 g/mol. The van der Waals surface area contributed by atoms with Gasteiger partial charge >= 0.3 is 0 Å². The van der Waals surface area contributed by atoms with Gasteiger partial charge in [0.2, 0.25) is 0 Å². The molecule has 0 unspecified atom stereocenters. The predicted molar refractivity (Wildman–Crippen MR) is 74.4 cm³/mol. The highest BCUT2D eigenvalue weighted by atomic mass is 15.2. The van der Waals surface area contributed by atoms with E-state index < -0.39 is 0 Å². The lowest BCUT2D eigenvalue weighted by molar-refractivity contribution is 0.266. The summed E-state index contributed by atoms with van der Waals surface area (Å²) in [6.07, 6.45) is 3.24. The fourth-order valence-corrected chi connectivity index (χ4v) is 2.34. The summed E-state index contributed by atoms with van der Waals surface area (Å²) in [5, 5.41) is 3.14. The van der Waals surface area contributed by atoms with E-state index in [9.17, 15) is 0 Å². The van der Waals surface area contributed by atoms with Crippen LogP contribution in [0.1, 0.15) is 17.7 Å². The third-order valence-electron chi connectivity index (χ3n) is 3.46. The number of nitrogens with one attached hydrogen (secondary N) is 1. The molecule has 0 atom stereocenters. The number of likely N-dealkylation sites (N-methyl/N-ethyl adjacent to an activating group) is 1. The maximum Gasteiger partial charge on any atom is 0.0544 e. The first kappa shape index (κ1) is 13.5. The molecule has 0 saturated carbocycles. The summed E-state index contributed by atoms with van der Waals surface area (Å²) >= 11 is 0. The SMILES string of the molecule is CNCc1ccc(CN2CCCN(C)CC2)nc1. The van der Waals surface area contributed by atoms with E-state index in [1.807, 2.05) is 13.2 Å². The molecule has 0 bridgehead atoms. The molecule has 0 aliphatic carbocycles. The lowest BCUT2D eigenvalue weighted by Gasteiger charge is -2.19. The van der Waals surface area contributed by atoms with E-state index in [4.69, 9.17) is 0 Å². The molecule has 1 saturated heterocycles. The lowest BCUT2D eigenvalue weighted by Crippen LogP contribution is -2.28. The molecule has 1 aliphatic heterocycles. The van der Waals surface area contributed by atoms with Crippen molar-refractivity contribution in [1.82, 2.24) is 20.1 Å². The maximum absolute atomic E-state index is 4.55. The molecule has 0 spiro atoms. The van der Waals surface area contributed by atoms with Gasteiger partial charge in [-0.3, -0.25) is 9.88 Å². The molecule has 1 aromatic rings. The Morgan fingerprint density at radius 3 is 2.83 bits per heavy atom. The second kappa shape index (κ2) is 6.83. The summed E-state index contributed by atoms with van der Waals surface area (Å²) in [6.45, 7) is 6.58. The van der Waals surface area contributed by atoms with Crippen LogP contribution in [0.25, 0.3) is 0 Å². The molecular formula is C14H24N4. The molecule has 1 aromatic heterocycles. The highest BCUT2D eigenvalue weighted by molar-refractivity contribution is 5.13. The largest absolute Gasteiger partial charge is 0.316 e. The van der Waals surface area contributed by atoms with Crippen LogP contribution in [0.4, 0.5) is 0 Å². The van der Waals surface area contributed by atoms with Crippen LogP contribution in [-0.4, -0.2) is 55.1 Å². The van der Waals surface area contributed by atoms with Crippen LogP contribution in [0, 0.1) is 0 Å². The van der Waals surface area contributed by atoms with Gasteiger partial charge in [0.05, 0.1) is 5.69 Å². The molecule has 100 valence electrons. The second-order valence-corrected chi connectivity index (χ2v) is 5.12. The zero-order valence-corrected chi connectivity index (χ0v) is 11.5. The Morgan fingerprint density at radius 1 is 1.22 bits per heavy atom. The van der Waals surface area contributed by atoms with Gasteiger partial charge in [0, 0.05) is 32.4 Å². The topological polar surface area (TPSA) is 31.4 Å². The van der Waals surface area contributed by atoms with Crippen molar-refractivity contribution in [3.8, 4) is 0 Å². The summed E-state index contributed by atoms with van der Waals surface area (Å²) in [5.74, 6) is 0. The summed E-state index contributed by atoms with van der Waals surface area (Å²) in [5.41, 5.74) is 2.43. The van der Waals surface area contributed by atoms with Gasteiger partial charge in [-0.2, -0.15) is 0 Å². The quantitative estimate of drug-likeness (QED) is 0.859. The van der Waals surface area contributed by atoms with E-state index in [-0.39, 0.29) is 0 Å². The minimum absolute atomic E-state index is 0.891. The molecule has 4 heteroatoms. The van der Waals surface area contributed by atoms with Gasteiger partial charge in [-0.05, 0) is 45.2 Å². The summed E-state index contributed by atoms with van der Waals surface area (Å²) in [6, 6.07) is 4.32. The van der Waals surface area contributed by atoms with Gasteiger partial charge in [-0.1, -0.05) is 6.07 Å². The zero-order valence-electron chi connectivity index (χ0n) is 11.5. The van der Waals surface area contributed by atoms with Crippen molar-refractivity contribution in [2.75, 3.05) is 40.3 Å². The van der Waals surface area contributed by atoms with Gasteiger partial charge in [0.15, 0.2) is 0 Å². The minimum Gasteiger partial charge on any atom is -0.316 e. The van der Waals surface area contributed by atoms with Crippen LogP contribution < -0.4 is 5.32 Å². The van der Waals surface area contributed by atoms with Gasteiger partial charge in [-0.15, -0.1) is 0 Å². The Kier molecular flexibility index (Phi) is 5.11. The molecule has 1 aliphatic rings. The Labute approximate surface area is 110 Å². The van der Waals surface area contributed by atoms with Crippen LogP contribution in [-0.2, 0) is 13.1 Å². The van der Waals surface area contributed by atoms with E-state index in [0.29, 0.717) is 0 Å². The number of aromatic nitrogens is 1. The first-order chi connectivity index (χ1) is 8.78. The van der Waals surface area contributed by atoms with Crippen LogP contribution in [0.15, 0.2) is 18.3 Å². The molecule has 4 nitrogen and oxygen atoms in total. The smallest absolute Gasteiger partial charge is 0.0544 e. The average molecular weight is 248 g/mol. The average Bonchev–Trinajstić information content (AvgIpc) is 2.57. The first-order valence-corrected chi connectivity index (χ1v) is 6.77. The molecule has 18 heavy (non-hydrogen) atoms. The van der Waals surface area contributed by atoms with Crippen molar-refractivity contribution < 1.29 is 0 Å². The van der Waals surface area contributed by atoms with Gasteiger partial charge in [0.1, 0.15) is 0 Å². The predicted octanol–water partition coefficient (Wildman–Crippen LogP) is 0.939. The monoisotopic (exact) mass is 248 g/mol. The van der Waals surface area contributed by atoms with E-state index in [1.54, 1.807) is 0 Å². The van der Waals surface area contributed by atoms with E-state index >= 15 is 0 Å². The van der Waals surface area contributed by atoms with Crippen LogP contribution in [0.2, 0.25) is 0 Å². The maximum atomic E-state index is 4.55. The molecule has 0 radical (unpaired) electrons. The molecule has 1 fully saturated rings. The van der Waals surface area contributed by atoms with Crippen LogP contribution in [0.3, 0.4) is 0 Å². The summed E-state index contributed by atoms with van der Waals surface area (Å²) < 4.78 is 0. The van der Waals surface area contributed by atoms with Gasteiger partial charge in [0.25, 0.3) is 0 Å². The van der Waals surface area contributed by atoms with Crippen molar-refractivity contribution in [2.24, 2.45) is 0 Å². The number of rotatable bonds is 4. The van der Waals surface area contributed by atoms with E-state index in [0.717, 1.165) is 26.2 Å². The number of hydrogen-bond acceptors (Lipinski definition) is 4. The van der Waals surface area contributed by atoms with Crippen LogP contribution >= 0.6 is 0 Å². The molecule has 0 amide bonds. The summed E-state index contributed by atoms with van der Waals surface area (Å²) in [7, 11) is 4.16. The van der Waals surface area contributed by atoms with E-state index in [1.165, 1.54) is 30.8 Å². The minimum atomic E-state index is 0.891. The van der Waals surface area contributed by atoms with Crippen molar-refractivity contribution in [1.29, 1.82) is 0 Å². The third-order valence-corrected chi connectivity index (χ3v) is 3.46. The van der Waals surface area contributed by atoms with Crippen molar-refractivity contribution >= 4 is 0 Å². The normalized spacial score (nSPS) is 18.8. The standard InChI is InChI=1S/C14H24N4/c1-15-10-13-4-5-14(16-11-13)12-18-7-3-6-17(2)8-9-18/h4-5,11,15H,3,6-10,12H2,1-2H3. The number of pyridine rings is 1. The number of hydrogen-bond donors (Lipinski definition) is 1. The second-order valence-electron chi connectivity index (χ2n) is 5.12. The van der Waals surface area contributed by atoms with E-state index in [2.05, 4.69) is 39.3 Å². The van der Waals surface area contributed by atoms with Gasteiger partial charge < -0.3 is 10.2 Å². The highest BCUT2D eigenvalue weighted by Gasteiger charge is 2.12. The molecule has 2 rings (SSSR count). The Balaban J connectivity index is 1.88. The van der Waals surface area contributed by atoms with Crippen LogP contribution in [0.5, 0.6) is 0 Å².